The van der Waals surface area contributed by atoms with Crippen LogP contribution in [-0.4, -0.2) is 17.7 Å². The van der Waals surface area contributed by atoms with Crippen LogP contribution in [-0.2, 0) is 0 Å². The van der Waals surface area contributed by atoms with E-state index in [1.807, 2.05) is 36.4 Å². The number of rotatable bonds is 3. The smallest absolute Gasteiger partial charge is 0.255 e. The van der Waals surface area contributed by atoms with Crippen LogP contribution in [0.4, 0.5) is 0 Å². The summed E-state index contributed by atoms with van der Waals surface area (Å²) in [5.74, 6) is 0. The highest BCUT2D eigenvalue weighted by Gasteiger charge is 2.18. The number of hydrogen-bond donors (Lipinski definition) is 1. The third-order valence-corrected chi connectivity index (χ3v) is 6.71. The average molecular weight is 482 g/mol. The van der Waals surface area contributed by atoms with Gasteiger partial charge in [-0.05, 0) is 66.1 Å². The molecule has 0 fully saturated rings. The van der Waals surface area contributed by atoms with Crippen molar-refractivity contribution in [2.75, 3.05) is 13.1 Å². The van der Waals surface area contributed by atoms with E-state index in [4.69, 9.17) is 34.8 Å². The minimum absolute atomic E-state index is 0.200. The molecule has 0 radical (unpaired) electrons. The number of benzene rings is 3. The number of para-hydroxylation sites is 1. The number of aromatic nitrogens is 1. The summed E-state index contributed by atoms with van der Waals surface area (Å²) in [6.07, 6.45) is 3.09. The zero-order valence-electron chi connectivity index (χ0n) is 17.0. The van der Waals surface area contributed by atoms with E-state index in [1.54, 1.807) is 28.8 Å². The standard InChI is InChI=1S/C26H19Cl3N2O/c27-21-5-2-1-4-18(21)20-14-17(16-10-12-30-13-11-16)15-24-19(20)8-9-25(32)31(24)26-22(28)6-3-7-23(26)29/h1-10,14-15,30H,11-13H2. The van der Waals surface area contributed by atoms with E-state index in [9.17, 15) is 4.79 Å². The zero-order chi connectivity index (χ0) is 22.2. The second-order valence-electron chi connectivity index (χ2n) is 7.70. The van der Waals surface area contributed by atoms with Gasteiger partial charge >= 0.3 is 0 Å². The Hall–Kier alpha value is -2.56. The second-order valence-corrected chi connectivity index (χ2v) is 8.92. The van der Waals surface area contributed by atoms with Crippen LogP contribution in [0.5, 0.6) is 0 Å². The van der Waals surface area contributed by atoms with E-state index < -0.39 is 0 Å². The van der Waals surface area contributed by atoms with Crippen molar-refractivity contribution >= 4 is 51.3 Å². The molecule has 4 aromatic rings. The summed E-state index contributed by atoms with van der Waals surface area (Å²) in [5, 5.41) is 5.73. The van der Waals surface area contributed by atoms with Crippen molar-refractivity contribution in [3.05, 3.63) is 104 Å². The molecule has 1 N–H and O–H groups in total. The van der Waals surface area contributed by atoms with Gasteiger partial charge in [-0.3, -0.25) is 9.36 Å². The molecule has 160 valence electrons. The van der Waals surface area contributed by atoms with E-state index in [0.717, 1.165) is 47.1 Å². The first-order valence-corrected chi connectivity index (χ1v) is 11.5. The fourth-order valence-electron chi connectivity index (χ4n) is 4.25. The van der Waals surface area contributed by atoms with E-state index >= 15 is 0 Å². The van der Waals surface area contributed by atoms with Crippen LogP contribution in [0.25, 0.3) is 33.3 Å². The lowest BCUT2D eigenvalue weighted by Gasteiger charge is -2.20. The van der Waals surface area contributed by atoms with Gasteiger partial charge < -0.3 is 5.32 Å². The maximum Gasteiger partial charge on any atom is 0.255 e. The fourth-order valence-corrected chi connectivity index (χ4v) is 5.06. The predicted molar refractivity (Wildman–Crippen MR) is 135 cm³/mol. The summed E-state index contributed by atoms with van der Waals surface area (Å²) >= 11 is 19.6. The lowest BCUT2D eigenvalue weighted by Crippen LogP contribution is -2.20. The Kier molecular flexibility index (Phi) is 5.83. The first kappa shape index (κ1) is 21.3. The Balaban J connectivity index is 1.92. The highest BCUT2D eigenvalue weighted by atomic mass is 35.5. The molecule has 0 saturated heterocycles. The van der Waals surface area contributed by atoms with Crippen LogP contribution in [0.15, 0.2) is 77.6 Å². The molecule has 1 aromatic heterocycles. The summed E-state index contributed by atoms with van der Waals surface area (Å²) in [6.45, 7) is 1.72. The van der Waals surface area contributed by atoms with Gasteiger partial charge in [0.2, 0.25) is 0 Å². The molecule has 0 amide bonds. The normalized spacial score (nSPS) is 13.9. The molecule has 0 saturated carbocycles. The van der Waals surface area contributed by atoms with Crippen molar-refractivity contribution in [3.63, 3.8) is 0 Å². The predicted octanol–water partition coefficient (Wildman–Crippen LogP) is 6.99. The quantitative estimate of drug-likeness (QED) is 0.342. The summed E-state index contributed by atoms with van der Waals surface area (Å²) in [4.78, 5) is 13.1. The Morgan fingerprint density at radius 1 is 0.812 bits per heavy atom. The van der Waals surface area contributed by atoms with Crippen molar-refractivity contribution in [3.8, 4) is 16.8 Å². The molecule has 5 rings (SSSR count). The van der Waals surface area contributed by atoms with Crippen LogP contribution in [0.1, 0.15) is 12.0 Å². The molecule has 32 heavy (non-hydrogen) atoms. The van der Waals surface area contributed by atoms with Gasteiger partial charge in [0.15, 0.2) is 0 Å². The Morgan fingerprint density at radius 2 is 1.56 bits per heavy atom. The van der Waals surface area contributed by atoms with Gasteiger partial charge in [0, 0.05) is 28.6 Å². The van der Waals surface area contributed by atoms with Crippen LogP contribution in [0.2, 0.25) is 15.1 Å². The van der Waals surface area contributed by atoms with Crippen molar-refractivity contribution in [2.24, 2.45) is 0 Å². The molecule has 0 atom stereocenters. The van der Waals surface area contributed by atoms with Crippen molar-refractivity contribution < 1.29 is 0 Å². The molecule has 1 aliphatic rings. The molecule has 0 aliphatic carbocycles. The monoisotopic (exact) mass is 480 g/mol. The Morgan fingerprint density at radius 3 is 2.28 bits per heavy atom. The van der Waals surface area contributed by atoms with Gasteiger partial charge in [-0.2, -0.15) is 0 Å². The first-order chi connectivity index (χ1) is 15.5. The fraction of sp³-hybridized carbons (Fsp3) is 0.115. The van der Waals surface area contributed by atoms with Crippen molar-refractivity contribution in [1.29, 1.82) is 0 Å². The van der Waals surface area contributed by atoms with E-state index in [-0.39, 0.29) is 5.56 Å². The molecule has 1 aliphatic heterocycles. The molecular weight excluding hydrogens is 463 g/mol. The third-order valence-electron chi connectivity index (χ3n) is 5.77. The van der Waals surface area contributed by atoms with Gasteiger partial charge in [-0.15, -0.1) is 0 Å². The van der Waals surface area contributed by atoms with E-state index in [1.165, 1.54) is 5.57 Å². The van der Waals surface area contributed by atoms with Crippen LogP contribution in [0.3, 0.4) is 0 Å². The largest absolute Gasteiger partial charge is 0.313 e. The molecule has 0 unspecified atom stereocenters. The number of halogens is 3. The van der Waals surface area contributed by atoms with Gasteiger partial charge in [0.05, 0.1) is 21.2 Å². The molecule has 0 bridgehead atoms. The summed E-state index contributed by atoms with van der Waals surface area (Å²) in [7, 11) is 0. The Labute approximate surface area is 200 Å². The third kappa shape index (κ3) is 3.76. The lowest BCUT2D eigenvalue weighted by molar-refractivity contribution is 0.738. The average Bonchev–Trinajstić information content (AvgIpc) is 2.80. The summed E-state index contributed by atoms with van der Waals surface area (Å²) in [6, 6.07) is 20.6. The number of nitrogens with zero attached hydrogens (tertiary/aromatic N) is 1. The number of pyridine rings is 1. The van der Waals surface area contributed by atoms with Crippen molar-refractivity contribution in [1.82, 2.24) is 9.88 Å². The first-order valence-electron chi connectivity index (χ1n) is 10.3. The minimum atomic E-state index is -0.200. The lowest BCUT2D eigenvalue weighted by atomic mass is 9.92. The van der Waals surface area contributed by atoms with E-state index in [2.05, 4.69) is 17.5 Å². The van der Waals surface area contributed by atoms with E-state index in [0.29, 0.717) is 20.8 Å². The molecule has 6 heteroatoms. The number of fused-ring (bicyclic) bond motifs is 1. The van der Waals surface area contributed by atoms with Crippen LogP contribution in [0, 0.1) is 0 Å². The summed E-state index contributed by atoms with van der Waals surface area (Å²) in [5.41, 5.74) is 5.16. The van der Waals surface area contributed by atoms with Gasteiger partial charge in [0.1, 0.15) is 0 Å². The molecule has 2 heterocycles. The zero-order valence-corrected chi connectivity index (χ0v) is 19.3. The number of nitrogens with one attached hydrogen (secondary N) is 1. The summed E-state index contributed by atoms with van der Waals surface area (Å²) < 4.78 is 1.60. The molecule has 3 aromatic carbocycles. The molecule has 3 nitrogen and oxygen atoms in total. The van der Waals surface area contributed by atoms with Gasteiger partial charge in [-0.25, -0.2) is 0 Å². The Bertz CT molecular complexity index is 1420. The van der Waals surface area contributed by atoms with Gasteiger partial charge in [-0.1, -0.05) is 65.1 Å². The highest BCUT2D eigenvalue weighted by Crippen LogP contribution is 2.38. The molecular formula is C26H19Cl3N2O. The SMILES string of the molecule is O=c1ccc2c(-c3ccccc3Cl)cc(C3=CCNCC3)cc2n1-c1c(Cl)cccc1Cl. The number of hydrogen-bond acceptors (Lipinski definition) is 2. The maximum atomic E-state index is 13.1. The topological polar surface area (TPSA) is 34.0 Å². The van der Waals surface area contributed by atoms with Gasteiger partial charge in [0.25, 0.3) is 5.56 Å². The molecule has 0 spiro atoms. The second kappa shape index (κ2) is 8.76. The maximum absolute atomic E-state index is 13.1. The van der Waals surface area contributed by atoms with Crippen molar-refractivity contribution in [2.45, 2.75) is 6.42 Å². The van der Waals surface area contributed by atoms with Crippen LogP contribution >= 0.6 is 34.8 Å². The highest BCUT2D eigenvalue weighted by molar-refractivity contribution is 6.38. The minimum Gasteiger partial charge on any atom is -0.313 e. The van der Waals surface area contributed by atoms with Crippen LogP contribution < -0.4 is 10.9 Å².